The first-order valence-electron chi connectivity index (χ1n) is 15.8. The van der Waals surface area contributed by atoms with E-state index in [2.05, 4.69) is 91.7 Å². The number of carbonyl (C=O) groups excluding carboxylic acids is 1. The molecule has 1 aliphatic rings. The number of hydrogen-bond donors (Lipinski definition) is 4. The van der Waals surface area contributed by atoms with E-state index < -0.39 is 26.3 Å². The molecule has 0 radical (unpaired) electrons. The van der Waals surface area contributed by atoms with Gasteiger partial charge in [0.25, 0.3) is 5.91 Å². The zero-order valence-electron chi connectivity index (χ0n) is 29.4. The first kappa shape index (κ1) is 39.2. The summed E-state index contributed by atoms with van der Waals surface area (Å²) >= 11 is 0. The van der Waals surface area contributed by atoms with E-state index in [-0.39, 0.29) is 16.6 Å². The van der Waals surface area contributed by atoms with Crippen LogP contribution in [0.3, 0.4) is 0 Å². The highest BCUT2D eigenvalue weighted by atomic mass is 28.4. The molecule has 1 aromatic heterocycles. The van der Waals surface area contributed by atoms with Crippen molar-refractivity contribution < 1.29 is 36.7 Å². The van der Waals surface area contributed by atoms with Crippen molar-refractivity contribution in [1.29, 1.82) is 0 Å². The van der Waals surface area contributed by atoms with Gasteiger partial charge in [-0.25, -0.2) is 14.2 Å². The number of benzene rings is 2. The molecule has 0 atom stereocenters. The Morgan fingerprint density at radius 2 is 1.67 bits per heavy atom. The number of hydrogen-bond acceptors (Lipinski definition) is 8. The number of pyridine rings is 1. The Morgan fingerprint density at radius 1 is 1.02 bits per heavy atom. The number of likely N-dealkylation sites (N-methyl/N-ethyl adjacent to an activating group) is 2. The zero-order chi connectivity index (χ0) is 36.9. The second-order valence-electron chi connectivity index (χ2n) is 13.6. The molecule has 10 nitrogen and oxygen atoms in total. The molecule has 0 aliphatic carbocycles. The smallest absolute Gasteiger partial charge is 0.490 e. The zero-order valence-corrected chi connectivity index (χ0v) is 30.4. The fraction of sp³-hybridized carbons (Fsp3) is 0.441. The Balaban J connectivity index is 0.000000838. The highest BCUT2D eigenvalue weighted by Gasteiger charge is 2.40. The standard InChI is InChI=1S/C32H45FN6O2Si.C2HF3O2/c1-10-39(16-15-38(6)7)20-22-11-12-24-27(18-22)37-31(40)29-25(13-14-34-30(29)36-24)35-26-19-28(21(2)17-23(26)33)41-42(8,9)32(3,4)5;3-2(4,5)1(6)7/h11-14,17-19H,10,15-16,20H2,1-9H3,(H,37,40)(H2,34,35,36);(H,6,7). The van der Waals surface area contributed by atoms with Gasteiger partial charge in [-0.1, -0.05) is 33.8 Å². The van der Waals surface area contributed by atoms with Crippen LogP contribution in [0.2, 0.25) is 18.1 Å². The molecule has 0 unspecified atom stereocenters. The number of aliphatic carboxylic acids is 1. The lowest BCUT2D eigenvalue weighted by molar-refractivity contribution is -0.192. The average molecular weight is 707 g/mol. The van der Waals surface area contributed by atoms with Crippen molar-refractivity contribution in [2.24, 2.45) is 0 Å². The molecule has 15 heteroatoms. The number of anilines is 5. The first-order chi connectivity index (χ1) is 22.6. The topological polar surface area (TPSA) is 119 Å². The number of amides is 1. The van der Waals surface area contributed by atoms with Gasteiger partial charge in [-0.15, -0.1) is 0 Å². The van der Waals surface area contributed by atoms with Crippen molar-refractivity contribution in [3.63, 3.8) is 0 Å². The molecule has 0 saturated heterocycles. The molecule has 2 aromatic carbocycles. The third-order valence-corrected chi connectivity index (χ3v) is 12.8. The van der Waals surface area contributed by atoms with Crippen LogP contribution in [0, 0.1) is 12.7 Å². The van der Waals surface area contributed by atoms with Crippen molar-refractivity contribution in [2.75, 3.05) is 49.7 Å². The minimum Gasteiger partial charge on any atom is -0.543 e. The number of aryl methyl sites for hydroxylation is 1. The minimum atomic E-state index is -5.08. The van der Waals surface area contributed by atoms with Gasteiger partial charge in [0.1, 0.15) is 22.9 Å². The van der Waals surface area contributed by atoms with Gasteiger partial charge in [0.15, 0.2) is 0 Å². The Labute approximate surface area is 286 Å². The molecule has 1 aliphatic heterocycles. The number of carboxylic acid groups (broad SMARTS) is 1. The minimum absolute atomic E-state index is 0.0104. The Kier molecular flexibility index (Phi) is 12.5. The maximum atomic E-state index is 15.2. The lowest BCUT2D eigenvalue weighted by Crippen LogP contribution is -2.44. The second-order valence-corrected chi connectivity index (χ2v) is 18.3. The second kappa shape index (κ2) is 15.6. The molecule has 49 heavy (non-hydrogen) atoms. The number of carboxylic acids is 1. The molecule has 0 bridgehead atoms. The highest BCUT2D eigenvalue weighted by molar-refractivity contribution is 6.74. The van der Waals surface area contributed by atoms with Gasteiger partial charge in [0, 0.05) is 31.9 Å². The summed E-state index contributed by atoms with van der Waals surface area (Å²) in [7, 11) is 1.99. The highest BCUT2D eigenvalue weighted by Crippen LogP contribution is 2.40. The monoisotopic (exact) mass is 706 g/mol. The van der Waals surface area contributed by atoms with Crippen LogP contribution in [-0.2, 0) is 11.3 Å². The van der Waals surface area contributed by atoms with Crippen LogP contribution in [0.5, 0.6) is 5.75 Å². The van der Waals surface area contributed by atoms with Gasteiger partial charge in [-0.2, -0.15) is 13.2 Å². The van der Waals surface area contributed by atoms with Crippen molar-refractivity contribution in [3.05, 3.63) is 65.1 Å². The summed E-state index contributed by atoms with van der Waals surface area (Å²) in [6, 6.07) is 10.9. The molecule has 3 aromatic rings. The summed E-state index contributed by atoms with van der Waals surface area (Å²) in [5.74, 6) is -2.47. The maximum absolute atomic E-state index is 15.2. The van der Waals surface area contributed by atoms with Gasteiger partial charge in [-0.05, 0) is 81.1 Å². The summed E-state index contributed by atoms with van der Waals surface area (Å²) < 4.78 is 53.5. The predicted molar refractivity (Wildman–Crippen MR) is 187 cm³/mol. The number of nitrogens with zero attached hydrogens (tertiary/aromatic N) is 3. The molecule has 0 saturated carbocycles. The van der Waals surface area contributed by atoms with Crippen molar-refractivity contribution in [3.8, 4) is 5.75 Å². The number of rotatable bonds is 10. The van der Waals surface area contributed by atoms with E-state index in [4.69, 9.17) is 14.3 Å². The SMILES string of the molecule is CCN(CCN(C)C)Cc1ccc2c(c1)NC(=O)c1c(Nc3cc(O[Si](C)(C)C(C)(C)C)c(C)cc3F)ccnc1N2.O=C(O)C(F)(F)F. The number of carbonyl (C=O) groups is 2. The molecule has 0 fully saturated rings. The average Bonchev–Trinajstić information content (AvgIpc) is 3.12. The normalized spacial score (nSPS) is 13.0. The third kappa shape index (κ3) is 10.4. The van der Waals surface area contributed by atoms with E-state index in [1.807, 2.05) is 19.1 Å². The predicted octanol–water partition coefficient (Wildman–Crippen LogP) is 7.98. The molecular formula is C34H46F4N6O4Si. The van der Waals surface area contributed by atoms with Crippen molar-refractivity contribution in [1.82, 2.24) is 14.8 Å². The van der Waals surface area contributed by atoms with E-state index in [1.165, 1.54) is 6.07 Å². The molecule has 268 valence electrons. The van der Waals surface area contributed by atoms with Gasteiger partial charge in [0.2, 0.25) is 8.32 Å². The van der Waals surface area contributed by atoms with E-state index >= 15 is 4.39 Å². The fourth-order valence-corrected chi connectivity index (χ4v) is 5.56. The number of alkyl halides is 3. The molecule has 4 N–H and O–H groups in total. The van der Waals surface area contributed by atoms with E-state index in [9.17, 15) is 18.0 Å². The lowest BCUT2D eigenvalue weighted by atomic mass is 10.1. The van der Waals surface area contributed by atoms with Crippen LogP contribution in [-0.4, -0.2) is 80.0 Å². The number of halogens is 4. The lowest BCUT2D eigenvalue weighted by Gasteiger charge is -2.37. The van der Waals surface area contributed by atoms with Gasteiger partial charge in [-0.3, -0.25) is 9.69 Å². The summed E-state index contributed by atoms with van der Waals surface area (Å²) in [6.45, 7) is 18.5. The van der Waals surface area contributed by atoms with Crippen LogP contribution < -0.4 is 20.4 Å². The summed E-state index contributed by atoms with van der Waals surface area (Å²) in [5.41, 5.74) is 4.24. The van der Waals surface area contributed by atoms with Crippen LogP contribution in [0.15, 0.2) is 42.6 Å². The molecular weight excluding hydrogens is 660 g/mol. The molecule has 4 rings (SSSR count). The van der Waals surface area contributed by atoms with E-state index in [0.717, 1.165) is 43.0 Å². The third-order valence-electron chi connectivity index (χ3n) is 8.43. The number of aromatic nitrogens is 1. The Bertz CT molecular complexity index is 1660. The van der Waals surface area contributed by atoms with Gasteiger partial charge in [0.05, 0.1) is 22.7 Å². The van der Waals surface area contributed by atoms with Crippen molar-refractivity contribution in [2.45, 2.75) is 65.5 Å². The quantitative estimate of drug-likeness (QED) is 0.123. The van der Waals surface area contributed by atoms with Gasteiger partial charge >= 0.3 is 12.1 Å². The first-order valence-corrected chi connectivity index (χ1v) is 18.7. The van der Waals surface area contributed by atoms with Crippen LogP contribution in [0.25, 0.3) is 0 Å². The fourth-order valence-electron chi connectivity index (χ4n) is 4.49. The van der Waals surface area contributed by atoms with Crippen LogP contribution in [0.1, 0.15) is 49.2 Å². The van der Waals surface area contributed by atoms with Gasteiger partial charge < -0.3 is 30.4 Å². The Morgan fingerprint density at radius 3 is 2.24 bits per heavy atom. The van der Waals surface area contributed by atoms with E-state index in [1.54, 1.807) is 18.3 Å². The molecule has 1 amide bonds. The summed E-state index contributed by atoms with van der Waals surface area (Å²) in [6.07, 6.45) is -3.48. The Hall–Kier alpha value is -4.21. The molecule has 2 heterocycles. The van der Waals surface area contributed by atoms with Crippen LogP contribution in [0.4, 0.5) is 46.1 Å². The van der Waals surface area contributed by atoms with Crippen molar-refractivity contribution >= 4 is 48.8 Å². The maximum Gasteiger partial charge on any atom is 0.490 e. The number of nitrogens with one attached hydrogen (secondary N) is 3. The largest absolute Gasteiger partial charge is 0.543 e. The van der Waals surface area contributed by atoms with Crippen LogP contribution >= 0.6 is 0 Å². The molecule has 0 spiro atoms. The number of fused-ring (bicyclic) bond motifs is 2. The van der Waals surface area contributed by atoms with E-state index in [0.29, 0.717) is 28.5 Å². The summed E-state index contributed by atoms with van der Waals surface area (Å²) in [5, 5.41) is 16.6. The summed E-state index contributed by atoms with van der Waals surface area (Å²) in [4.78, 5) is 31.5.